The Morgan fingerprint density at radius 1 is 1.50 bits per heavy atom. The van der Waals surface area contributed by atoms with Crippen molar-refractivity contribution in [1.82, 2.24) is 5.32 Å². The summed E-state index contributed by atoms with van der Waals surface area (Å²) in [5, 5.41) is 11.9. The number of halogens is 1. The number of carbonyl (C=O) groups is 1. The molecule has 0 radical (unpaired) electrons. The Morgan fingerprint density at radius 2 is 2.31 bits per heavy atom. The number of benzene rings is 1. The second kappa shape index (κ2) is 4.22. The van der Waals surface area contributed by atoms with Gasteiger partial charge >= 0.3 is 5.97 Å². The quantitative estimate of drug-likeness (QED) is 0.805. The van der Waals surface area contributed by atoms with Crippen LogP contribution in [0.5, 0.6) is 0 Å². The van der Waals surface area contributed by atoms with Crippen molar-refractivity contribution < 1.29 is 14.3 Å². The van der Waals surface area contributed by atoms with Crippen molar-refractivity contribution in [1.29, 1.82) is 0 Å². The predicted molar refractivity (Wildman–Crippen MR) is 58.3 cm³/mol. The molecule has 1 aromatic rings. The summed E-state index contributed by atoms with van der Waals surface area (Å²) in [6.07, 6.45) is 1.22. The molecule has 1 aromatic carbocycles. The summed E-state index contributed by atoms with van der Waals surface area (Å²) in [7, 11) is 0. The van der Waals surface area contributed by atoms with E-state index < -0.39 is 11.6 Å². The molecule has 0 aromatic heterocycles. The maximum atomic E-state index is 14.5. The lowest BCUT2D eigenvalue weighted by Gasteiger charge is -2.30. The van der Waals surface area contributed by atoms with E-state index in [1.54, 1.807) is 12.1 Å². The fourth-order valence-corrected chi connectivity index (χ4v) is 2.05. The van der Waals surface area contributed by atoms with Crippen LogP contribution in [-0.2, 0) is 5.67 Å². The number of rotatable bonds is 2. The van der Waals surface area contributed by atoms with Crippen molar-refractivity contribution in [2.45, 2.75) is 18.5 Å². The first kappa shape index (κ1) is 11.1. The van der Waals surface area contributed by atoms with E-state index in [4.69, 9.17) is 5.11 Å². The zero-order valence-corrected chi connectivity index (χ0v) is 8.87. The molecule has 0 spiro atoms. The monoisotopic (exact) mass is 223 g/mol. The summed E-state index contributed by atoms with van der Waals surface area (Å²) < 4.78 is 14.5. The molecule has 86 valence electrons. The second-order valence-corrected chi connectivity index (χ2v) is 4.13. The second-order valence-electron chi connectivity index (χ2n) is 4.13. The van der Waals surface area contributed by atoms with Gasteiger partial charge < -0.3 is 10.4 Å². The summed E-state index contributed by atoms with van der Waals surface area (Å²) in [6, 6.07) is 6.15. The number of piperidine rings is 1. The number of hydrogen-bond acceptors (Lipinski definition) is 2. The van der Waals surface area contributed by atoms with Crippen LogP contribution in [0.3, 0.4) is 0 Å². The molecule has 16 heavy (non-hydrogen) atoms. The standard InChI is InChI=1S/C12H14FNO2/c13-12(5-2-6-14-8-12)10-4-1-3-9(7-10)11(15)16/h1,3-4,7,14H,2,5-6,8H2,(H,15,16). The number of carboxylic acid groups (broad SMARTS) is 1. The molecule has 0 amide bonds. The minimum Gasteiger partial charge on any atom is -0.478 e. The maximum absolute atomic E-state index is 14.5. The van der Waals surface area contributed by atoms with Gasteiger partial charge in [0, 0.05) is 6.54 Å². The zero-order valence-electron chi connectivity index (χ0n) is 8.87. The average Bonchev–Trinajstić information content (AvgIpc) is 2.30. The highest BCUT2D eigenvalue weighted by atomic mass is 19.1. The van der Waals surface area contributed by atoms with Crippen LogP contribution in [0.15, 0.2) is 24.3 Å². The molecule has 4 heteroatoms. The van der Waals surface area contributed by atoms with Crippen LogP contribution >= 0.6 is 0 Å². The van der Waals surface area contributed by atoms with Gasteiger partial charge in [-0.25, -0.2) is 9.18 Å². The van der Waals surface area contributed by atoms with E-state index in [1.807, 2.05) is 0 Å². The van der Waals surface area contributed by atoms with Gasteiger partial charge in [-0.2, -0.15) is 0 Å². The van der Waals surface area contributed by atoms with Gasteiger partial charge in [-0.15, -0.1) is 0 Å². The van der Waals surface area contributed by atoms with Crippen molar-refractivity contribution >= 4 is 5.97 Å². The smallest absolute Gasteiger partial charge is 0.335 e. The van der Waals surface area contributed by atoms with E-state index in [0.717, 1.165) is 13.0 Å². The lowest BCUT2D eigenvalue weighted by atomic mass is 9.87. The van der Waals surface area contributed by atoms with Crippen molar-refractivity contribution in [3.8, 4) is 0 Å². The zero-order chi connectivity index (χ0) is 11.6. The minimum absolute atomic E-state index is 0.139. The van der Waals surface area contributed by atoms with Crippen molar-refractivity contribution in [3.63, 3.8) is 0 Å². The summed E-state index contributed by atoms with van der Waals surface area (Å²) in [5.41, 5.74) is -0.830. The molecule has 1 unspecified atom stereocenters. The van der Waals surface area contributed by atoms with Crippen LogP contribution in [0.4, 0.5) is 4.39 Å². The minimum atomic E-state index is -1.43. The van der Waals surface area contributed by atoms with E-state index in [1.165, 1.54) is 12.1 Å². The summed E-state index contributed by atoms with van der Waals surface area (Å²) in [6.45, 7) is 1.08. The van der Waals surface area contributed by atoms with E-state index in [9.17, 15) is 9.18 Å². The molecule has 1 aliphatic rings. The highest BCUT2D eigenvalue weighted by Crippen LogP contribution is 2.32. The fourth-order valence-electron chi connectivity index (χ4n) is 2.05. The number of nitrogens with one attached hydrogen (secondary N) is 1. The summed E-state index contributed by atoms with van der Waals surface area (Å²) >= 11 is 0. The molecule has 2 N–H and O–H groups in total. The average molecular weight is 223 g/mol. The van der Waals surface area contributed by atoms with E-state index in [0.29, 0.717) is 12.0 Å². The van der Waals surface area contributed by atoms with Gasteiger partial charge in [0.05, 0.1) is 5.56 Å². The number of carboxylic acids is 1. The first-order chi connectivity index (χ1) is 7.62. The number of alkyl halides is 1. The molecule has 1 aliphatic heterocycles. The molecule has 1 atom stereocenters. The van der Waals surface area contributed by atoms with Crippen LogP contribution in [0, 0.1) is 0 Å². The Kier molecular flexibility index (Phi) is 2.92. The highest BCUT2D eigenvalue weighted by Gasteiger charge is 2.33. The van der Waals surface area contributed by atoms with Gasteiger partial charge in [0.2, 0.25) is 0 Å². The van der Waals surface area contributed by atoms with Crippen molar-refractivity contribution in [3.05, 3.63) is 35.4 Å². The fraction of sp³-hybridized carbons (Fsp3) is 0.417. The molecule has 1 saturated heterocycles. The Balaban J connectivity index is 2.31. The molecule has 1 fully saturated rings. The van der Waals surface area contributed by atoms with Gasteiger partial charge in [-0.1, -0.05) is 12.1 Å². The number of hydrogen-bond donors (Lipinski definition) is 2. The van der Waals surface area contributed by atoms with Gasteiger partial charge in [0.25, 0.3) is 0 Å². The first-order valence-corrected chi connectivity index (χ1v) is 5.35. The van der Waals surface area contributed by atoms with Gasteiger partial charge in [-0.3, -0.25) is 0 Å². The summed E-state index contributed by atoms with van der Waals surface area (Å²) in [5.74, 6) is -1.02. The Labute approximate surface area is 93.3 Å². The van der Waals surface area contributed by atoms with Gasteiger partial charge in [0.15, 0.2) is 0 Å². The van der Waals surface area contributed by atoms with E-state index >= 15 is 0 Å². The van der Waals surface area contributed by atoms with Crippen LogP contribution in [-0.4, -0.2) is 24.2 Å². The predicted octanol–water partition coefficient (Wildman–Crippen LogP) is 1.93. The Bertz CT molecular complexity index is 400. The van der Waals surface area contributed by atoms with Crippen LogP contribution in [0.1, 0.15) is 28.8 Å². The summed E-state index contributed by atoms with van der Waals surface area (Å²) in [4.78, 5) is 10.8. The Hall–Kier alpha value is -1.42. The highest BCUT2D eigenvalue weighted by molar-refractivity contribution is 5.87. The normalized spacial score (nSPS) is 25.3. The van der Waals surface area contributed by atoms with Crippen LogP contribution in [0.2, 0.25) is 0 Å². The molecule has 0 bridgehead atoms. The SMILES string of the molecule is O=C(O)c1cccc(C2(F)CCCNC2)c1. The van der Waals surface area contributed by atoms with Gasteiger partial charge in [-0.05, 0) is 37.1 Å². The van der Waals surface area contributed by atoms with Crippen molar-refractivity contribution in [2.75, 3.05) is 13.1 Å². The van der Waals surface area contributed by atoms with Crippen LogP contribution in [0.25, 0.3) is 0 Å². The topological polar surface area (TPSA) is 49.3 Å². The van der Waals surface area contributed by atoms with Gasteiger partial charge in [0.1, 0.15) is 5.67 Å². The molecule has 1 heterocycles. The molecular weight excluding hydrogens is 209 g/mol. The third-order valence-electron chi connectivity index (χ3n) is 2.96. The first-order valence-electron chi connectivity index (χ1n) is 5.35. The third-order valence-corrected chi connectivity index (χ3v) is 2.96. The van der Waals surface area contributed by atoms with E-state index in [-0.39, 0.29) is 12.1 Å². The lowest BCUT2D eigenvalue weighted by molar-refractivity contribution is 0.0696. The number of aromatic carboxylic acids is 1. The molecule has 0 saturated carbocycles. The Morgan fingerprint density at radius 3 is 2.94 bits per heavy atom. The maximum Gasteiger partial charge on any atom is 0.335 e. The molecule has 3 nitrogen and oxygen atoms in total. The molecular formula is C12H14FNO2. The molecule has 2 rings (SSSR count). The molecule has 0 aliphatic carbocycles. The van der Waals surface area contributed by atoms with E-state index in [2.05, 4.69) is 5.32 Å². The lowest BCUT2D eigenvalue weighted by Crippen LogP contribution is -2.40. The van der Waals surface area contributed by atoms with Crippen molar-refractivity contribution in [2.24, 2.45) is 0 Å². The largest absolute Gasteiger partial charge is 0.478 e. The van der Waals surface area contributed by atoms with Crippen LogP contribution < -0.4 is 5.32 Å². The third kappa shape index (κ3) is 2.07.